The Morgan fingerprint density at radius 3 is 2.10 bits per heavy atom. The van der Waals surface area contributed by atoms with Gasteiger partial charge in [0, 0.05) is 17.3 Å². The van der Waals surface area contributed by atoms with E-state index in [9.17, 15) is 9.59 Å². The maximum atomic E-state index is 12.5. The highest BCUT2D eigenvalue weighted by Crippen LogP contribution is 2.22. The summed E-state index contributed by atoms with van der Waals surface area (Å²) in [5, 5.41) is 7.13. The van der Waals surface area contributed by atoms with Gasteiger partial charge in [0.2, 0.25) is 5.91 Å². The highest BCUT2D eigenvalue weighted by molar-refractivity contribution is 6.04. The minimum absolute atomic E-state index is 0.239. The summed E-state index contributed by atoms with van der Waals surface area (Å²) in [4.78, 5) is 23.6. The molecule has 1 aromatic heterocycles. The SMILES string of the molecule is NC(=O)c1ccc(Oc2ccc(C(=O)Nc3cnn(Cc4ccccc4)c3)cc2)cc1. The van der Waals surface area contributed by atoms with E-state index >= 15 is 0 Å². The predicted octanol–water partition coefficient (Wildman–Crippen LogP) is 4.07. The molecule has 0 saturated carbocycles. The van der Waals surface area contributed by atoms with Crippen molar-refractivity contribution < 1.29 is 14.3 Å². The monoisotopic (exact) mass is 412 g/mol. The lowest BCUT2D eigenvalue weighted by atomic mass is 10.2. The number of aromatic nitrogens is 2. The minimum Gasteiger partial charge on any atom is -0.457 e. The van der Waals surface area contributed by atoms with Crippen molar-refractivity contribution in [1.29, 1.82) is 0 Å². The third-order valence-corrected chi connectivity index (χ3v) is 4.57. The lowest BCUT2D eigenvalue weighted by Crippen LogP contribution is -2.11. The van der Waals surface area contributed by atoms with Crippen molar-refractivity contribution in [2.24, 2.45) is 5.73 Å². The molecule has 0 aliphatic heterocycles. The molecular weight excluding hydrogens is 392 g/mol. The Bertz CT molecular complexity index is 1180. The molecule has 2 amide bonds. The van der Waals surface area contributed by atoms with Crippen LogP contribution in [0.3, 0.4) is 0 Å². The zero-order valence-corrected chi connectivity index (χ0v) is 16.6. The predicted molar refractivity (Wildman–Crippen MR) is 117 cm³/mol. The number of hydrogen-bond donors (Lipinski definition) is 2. The Morgan fingerprint density at radius 2 is 1.48 bits per heavy atom. The Balaban J connectivity index is 1.35. The van der Waals surface area contributed by atoms with Crippen LogP contribution in [-0.2, 0) is 6.54 Å². The van der Waals surface area contributed by atoms with Gasteiger partial charge in [-0.2, -0.15) is 5.10 Å². The van der Waals surface area contributed by atoms with Gasteiger partial charge >= 0.3 is 0 Å². The number of nitrogens with zero attached hydrogens (tertiary/aromatic N) is 2. The van der Waals surface area contributed by atoms with Gasteiger partial charge in [-0.1, -0.05) is 30.3 Å². The van der Waals surface area contributed by atoms with Crippen LogP contribution < -0.4 is 15.8 Å². The number of hydrogen-bond acceptors (Lipinski definition) is 4. The second-order valence-corrected chi connectivity index (χ2v) is 6.88. The van der Waals surface area contributed by atoms with Gasteiger partial charge in [-0.15, -0.1) is 0 Å². The molecule has 0 aliphatic carbocycles. The van der Waals surface area contributed by atoms with E-state index in [0.29, 0.717) is 34.9 Å². The Labute approximate surface area is 179 Å². The molecule has 4 rings (SSSR count). The maximum Gasteiger partial charge on any atom is 0.255 e. The molecule has 0 spiro atoms. The van der Waals surface area contributed by atoms with Crippen molar-refractivity contribution in [3.8, 4) is 11.5 Å². The average molecular weight is 412 g/mol. The van der Waals surface area contributed by atoms with Crippen LogP contribution in [0, 0.1) is 0 Å². The van der Waals surface area contributed by atoms with Crippen LogP contribution in [0.25, 0.3) is 0 Å². The van der Waals surface area contributed by atoms with Crippen LogP contribution in [0.4, 0.5) is 5.69 Å². The number of benzene rings is 3. The number of nitrogens with two attached hydrogens (primary N) is 1. The number of amides is 2. The van der Waals surface area contributed by atoms with Gasteiger partial charge < -0.3 is 15.8 Å². The molecule has 0 radical (unpaired) electrons. The van der Waals surface area contributed by atoms with Gasteiger partial charge in [0.15, 0.2) is 0 Å². The standard InChI is InChI=1S/C24H20N4O3/c25-23(29)18-6-10-21(11-7-18)31-22-12-8-19(9-13-22)24(30)27-20-14-26-28(16-20)15-17-4-2-1-3-5-17/h1-14,16H,15H2,(H2,25,29)(H,27,30). The van der Waals surface area contributed by atoms with Crippen LogP contribution in [0.2, 0.25) is 0 Å². The number of anilines is 1. The van der Waals surface area contributed by atoms with E-state index in [0.717, 1.165) is 5.56 Å². The summed E-state index contributed by atoms with van der Waals surface area (Å²) in [5.74, 6) is 0.399. The van der Waals surface area contributed by atoms with Crippen molar-refractivity contribution >= 4 is 17.5 Å². The van der Waals surface area contributed by atoms with Crippen LogP contribution >= 0.6 is 0 Å². The minimum atomic E-state index is -0.493. The fourth-order valence-electron chi connectivity index (χ4n) is 2.99. The second-order valence-electron chi connectivity index (χ2n) is 6.88. The van der Waals surface area contributed by atoms with Gasteiger partial charge in [-0.3, -0.25) is 14.3 Å². The van der Waals surface area contributed by atoms with Crippen molar-refractivity contribution in [1.82, 2.24) is 9.78 Å². The normalized spacial score (nSPS) is 10.5. The van der Waals surface area contributed by atoms with Crippen LogP contribution in [0.15, 0.2) is 91.3 Å². The second kappa shape index (κ2) is 8.96. The third-order valence-electron chi connectivity index (χ3n) is 4.57. The molecule has 0 unspecified atom stereocenters. The first kappa shape index (κ1) is 19.9. The summed E-state index contributed by atoms with van der Waals surface area (Å²) >= 11 is 0. The van der Waals surface area contributed by atoms with Gasteiger partial charge in [0.25, 0.3) is 5.91 Å². The molecule has 3 N–H and O–H groups in total. The van der Waals surface area contributed by atoms with E-state index < -0.39 is 5.91 Å². The van der Waals surface area contributed by atoms with Crippen LogP contribution in [0.5, 0.6) is 11.5 Å². The third kappa shape index (κ3) is 5.16. The van der Waals surface area contributed by atoms with Crippen molar-refractivity contribution in [2.45, 2.75) is 6.54 Å². The first-order chi connectivity index (χ1) is 15.1. The van der Waals surface area contributed by atoms with Crippen molar-refractivity contribution in [3.05, 3.63) is 108 Å². The quantitative estimate of drug-likeness (QED) is 0.478. The summed E-state index contributed by atoms with van der Waals surface area (Å²) in [6.45, 7) is 0.628. The fourth-order valence-corrected chi connectivity index (χ4v) is 2.99. The molecule has 7 nitrogen and oxygen atoms in total. The molecule has 7 heteroatoms. The molecule has 31 heavy (non-hydrogen) atoms. The lowest BCUT2D eigenvalue weighted by Gasteiger charge is -2.07. The zero-order valence-electron chi connectivity index (χ0n) is 16.6. The summed E-state index contributed by atoms with van der Waals surface area (Å²) < 4.78 is 7.50. The zero-order chi connectivity index (χ0) is 21.6. The average Bonchev–Trinajstić information content (AvgIpc) is 3.22. The number of carbonyl (C=O) groups is 2. The lowest BCUT2D eigenvalue weighted by molar-refractivity contribution is 0.0997. The smallest absolute Gasteiger partial charge is 0.255 e. The van der Waals surface area contributed by atoms with Crippen molar-refractivity contribution in [3.63, 3.8) is 0 Å². The Morgan fingerprint density at radius 1 is 0.871 bits per heavy atom. The molecule has 1 heterocycles. The molecule has 0 aliphatic rings. The topological polar surface area (TPSA) is 99.2 Å². The van der Waals surface area contributed by atoms with E-state index in [1.165, 1.54) is 0 Å². The van der Waals surface area contributed by atoms with Gasteiger partial charge in [-0.25, -0.2) is 0 Å². The van der Waals surface area contributed by atoms with Crippen LogP contribution in [-0.4, -0.2) is 21.6 Å². The molecule has 0 bridgehead atoms. The van der Waals surface area contributed by atoms with E-state index in [1.807, 2.05) is 30.3 Å². The first-order valence-electron chi connectivity index (χ1n) is 9.62. The molecule has 4 aromatic rings. The van der Waals surface area contributed by atoms with E-state index in [4.69, 9.17) is 10.5 Å². The van der Waals surface area contributed by atoms with Gasteiger partial charge in [0.1, 0.15) is 11.5 Å². The number of ether oxygens (including phenoxy) is 1. The molecule has 0 saturated heterocycles. The summed E-state index contributed by atoms with van der Waals surface area (Å²) in [5.41, 5.74) is 7.88. The number of primary amides is 1. The highest BCUT2D eigenvalue weighted by Gasteiger charge is 2.09. The van der Waals surface area contributed by atoms with Gasteiger partial charge in [-0.05, 0) is 54.1 Å². The summed E-state index contributed by atoms with van der Waals surface area (Å²) in [7, 11) is 0. The van der Waals surface area contributed by atoms with Crippen LogP contribution in [0.1, 0.15) is 26.3 Å². The van der Waals surface area contributed by atoms with E-state index in [2.05, 4.69) is 10.4 Å². The molecule has 3 aromatic carbocycles. The maximum absolute atomic E-state index is 12.5. The largest absolute Gasteiger partial charge is 0.457 e. The molecule has 154 valence electrons. The van der Waals surface area contributed by atoms with E-state index in [1.54, 1.807) is 65.6 Å². The fraction of sp³-hybridized carbons (Fsp3) is 0.0417. The molecule has 0 atom stereocenters. The number of rotatable bonds is 7. The molecule has 0 fully saturated rings. The van der Waals surface area contributed by atoms with Gasteiger partial charge in [0.05, 0.1) is 18.4 Å². The Kier molecular flexibility index (Phi) is 5.75. The van der Waals surface area contributed by atoms with E-state index in [-0.39, 0.29) is 5.91 Å². The number of nitrogens with one attached hydrogen (secondary N) is 1. The van der Waals surface area contributed by atoms with Crippen molar-refractivity contribution in [2.75, 3.05) is 5.32 Å². The highest BCUT2D eigenvalue weighted by atomic mass is 16.5. The Hall–Kier alpha value is -4.39. The first-order valence-corrected chi connectivity index (χ1v) is 9.62. The number of carbonyl (C=O) groups excluding carboxylic acids is 2. The summed E-state index contributed by atoms with van der Waals surface area (Å²) in [6, 6.07) is 23.2. The summed E-state index contributed by atoms with van der Waals surface area (Å²) in [6.07, 6.45) is 3.41. The molecular formula is C24H20N4O3.